The fourth-order valence-electron chi connectivity index (χ4n) is 1.89. The third-order valence-corrected chi connectivity index (χ3v) is 3.80. The van der Waals surface area contributed by atoms with Gasteiger partial charge in [-0.15, -0.1) is 0 Å². The van der Waals surface area contributed by atoms with Crippen LogP contribution in [0.3, 0.4) is 0 Å². The maximum absolute atomic E-state index is 4.56. The van der Waals surface area contributed by atoms with Gasteiger partial charge in [-0.25, -0.2) is 15.0 Å². The molecule has 1 N–H and O–H groups in total. The first-order chi connectivity index (χ1) is 9.78. The lowest BCUT2D eigenvalue weighted by molar-refractivity contribution is 0.782. The summed E-state index contributed by atoms with van der Waals surface area (Å²) in [6.45, 7) is 0. The zero-order valence-electron chi connectivity index (χ0n) is 11.2. The van der Waals surface area contributed by atoms with Crippen LogP contribution in [0.25, 0.3) is 11.0 Å². The van der Waals surface area contributed by atoms with Crippen molar-refractivity contribution in [3.05, 3.63) is 36.4 Å². The van der Waals surface area contributed by atoms with E-state index in [0.717, 1.165) is 27.7 Å². The van der Waals surface area contributed by atoms with Crippen molar-refractivity contribution in [1.29, 1.82) is 0 Å². The van der Waals surface area contributed by atoms with Gasteiger partial charge in [0.2, 0.25) is 0 Å². The van der Waals surface area contributed by atoms with Gasteiger partial charge in [-0.05, 0) is 12.1 Å². The number of nitrogens with one attached hydrogen (secondary N) is 1. The number of rotatable bonds is 4. The molecule has 0 aliphatic rings. The van der Waals surface area contributed by atoms with Crippen LogP contribution in [0.15, 0.2) is 35.6 Å². The summed E-state index contributed by atoms with van der Waals surface area (Å²) in [5, 5.41) is 9.21. The number of pyridine rings is 1. The molecule has 0 saturated heterocycles. The quantitative estimate of drug-likeness (QED) is 0.741. The van der Waals surface area contributed by atoms with Gasteiger partial charge in [-0.3, -0.25) is 4.68 Å². The summed E-state index contributed by atoms with van der Waals surface area (Å²) >= 11 is 1.62. The van der Waals surface area contributed by atoms with E-state index in [1.807, 2.05) is 32.3 Å². The molecule has 3 aromatic rings. The number of nitrogens with zero attached hydrogens (tertiary/aromatic N) is 5. The van der Waals surface area contributed by atoms with Gasteiger partial charge in [0.15, 0.2) is 5.65 Å². The highest BCUT2D eigenvalue weighted by molar-refractivity contribution is 7.98. The molecule has 0 amide bonds. The molecular weight excluding hydrogens is 272 g/mol. The topological polar surface area (TPSA) is 68.5 Å². The smallest absolute Gasteiger partial charge is 0.163 e. The molecule has 102 valence electrons. The zero-order chi connectivity index (χ0) is 13.9. The Labute approximate surface area is 120 Å². The summed E-state index contributed by atoms with van der Waals surface area (Å²) in [6.07, 6.45) is 3.56. The molecule has 20 heavy (non-hydrogen) atoms. The van der Waals surface area contributed by atoms with Crippen LogP contribution < -0.4 is 5.32 Å². The highest BCUT2D eigenvalue weighted by atomic mass is 32.2. The predicted octanol–water partition coefficient (Wildman–Crippen LogP) is 2.09. The molecule has 0 saturated carbocycles. The number of thioether (sulfide) groups is 1. The van der Waals surface area contributed by atoms with Crippen LogP contribution in [0.1, 0.15) is 5.82 Å². The number of hydrogen-bond acceptors (Lipinski definition) is 6. The monoisotopic (exact) mass is 286 g/mol. The van der Waals surface area contributed by atoms with Gasteiger partial charge in [0.1, 0.15) is 11.6 Å². The Morgan fingerprint density at radius 3 is 2.95 bits per heavy atom. The minimum atomic E-state index is 0.673. The maximum atomic E-state index is 4.56. The number of anilines is 1. The van der Waals surface area contributed by atoms with Crippen molar-refractivity contribution < 1.29 is 0 Å². The largest absolute Gasteiger partial charge is 0.372 e. The van der Waals surface area contributed by atoms with Gasteiger partial charge in [-0.1, -0.05) is 17.8 Å². The van der Waals surface area contributed by atoms with E-state index >= 15 is 0 Å². The van der Waals surface area contributed by atoms with Gasteiger partial charge in [-0.2, -0.15) is 5.10 Å². The van der Waals surface area contributed by atoms with Crippen LogP contribution in [0.4, 0.5) is 5.82 Å². The van der Waals surface area contributed by atoms with E-state index in [0.29, 0.717) is 5.75 Å². The first kappa shape index (κ1) is 12.9. The van der Waals surface area contributed by atoms with E-state index in [9.17, 15) is 0 Å². The molecule has 0 bridgehead atoms. The van der Waals surface area contributed by atoms with E-state index in [1.165, 1.54) is 0 Å². The molecule has 3 heterocycles. The van der Waals surface area contributed by atoms with Crippen LogP contribution in [-0.2, 0) is 12.8 Å². The average molecular weight is 286 g/mol. The van der Waals surface area contributed by atoms with Crippen molar-refractivity contribution in [1.82, 2.24) is 24.7 Å². The Morgan fingerprint density at radius 2 is 2.20 bits per heavy atom. The lowest BCUT2D eigenvalue weighted by Gasteiger charge is -2.05. The Balaban J connectivity index is 1.89. The van der Waals surface area contributed by atoms with Gasteiger partial charge in [0.05, 0.1) is 22.4 Å². The summed E-state index contributed by atoms with van der Waals surface area (Å²) in [7, 11) is 3.73. The normalized spacial score (nSPS) is 10.9. The Bertz CT molecular complexity index is 724. The molecule has 3 rings (SSSR count). The molecule has 0 radical (unpaired) electrons. The molecule has 0 aromatic carbocycles. The molecule has 6 nitrogen and oxygen atoms in total. The Morgan fingerprint density at radius 1 is 1.30 bits per heavy atom. The lowest BCUT2D eigenvalue weighted by Crippen LogP contribution is -2.02. The minimum absolute atomic E-state index is 0.673. The Hall–Kier alpha value is -2.15. The summed E-state index contributed by atoms with van der Waals surface area (Å²) in [6, 6.07) is 5.85. The lowest BCUT2D eigenvalue weighted by atomic mass is 10.4. The fourth-order valence-corrected chi connectivity index (χ4v) is 2.61. The second-order valence-electron chi connectivity index (χ2n) is 4.20. The van der Waals surface area contributed by atoms with E-state index in [4.69, 9.17) is 0 Å². The van der Waals surface area contributed by atoms with Crippen molar-refractivity contribution in [3.8, 4) is 0 Å². The highest BCUT2D eigenvalue weighted by Gasteiger charge is 2.10. The maximum Gasteiger partial charge on any atom is 0.163 e. The number of aromatic nitrogens is 5. The highest BCUT2D eigenvalue weighted by Crippen LogP contribution is 2.23. The standard InChI is InChI=1S/C13H14N6S/c1-14-12-9-7-16-19(2)13(9)18-10(17-12)8-20-11-5-3-4-6-15-11/h3-7H,8H2,1-2H3,(H,14,17,18). The van der Waals surface area contributed by atoms with Crippen molar-refractivity contribution >= 4 is 28.6 Å². The summed E-state index contributed by atoms with van der Waals surface area (Å²) in [4.78, 5) is 13.4. The fraction of sp³-hybridized carbons (Fsp3) is 0.231. The van der Waals surface area contributed by atoms with Gasteiger partial charge < -0.3 is 5.32 Å². The molecule has 0 aliphatic carbocycles. The molecule has 0 atom stereocenters. The molecule has 0 aliphatic heterocycles. The molecule has 0 unspecified atom stereocenters. The summed E-state index contributed by atoms with van der Waals surface area (Å²) in [5.74, 6) is 2.24. The first-order valence-electron chi connectivity index (χ1n) is 6.18. The van der Waals surface area contributed by atoms with Crippen LogP contribution in [0.2, 0.25) is 0 Å². The summed E-state index contributed by atoms with van der Waals surface area (Å²) < 4.78 is 1.76. The van der Waals surface area contributed by atoms with Crippen LogP contribution in [0.5, 0.6) is 0 Å². The second-order valence-corrected chi connectivity index (χ2v) is 5.20. The second kappa shape index (κ2) is 5.46. The van der Waals surface area contributed by atoms with E-state index in [1.54, 1.807) is 28.8 Å². The third kappa shape index (κ3) is 2.44. The number of aryl methyl sites for hydroxylation is 1. The van der Waals surface area contributed by atoms with Gasteiger partial charge >= 0.3 is 0 Å². The van der Waals surface area contributed by atoms with Crippen LogP contribution >= 0.6 is 11.8 Å². The molecule has 0 spiro atoms. The van der Waals surface area contributed by atoms with Crippen LogP contribution in [0, 0.1) is 0 Å². The minimum Gasteiger partial charge on any atom is -0.372 e. The number of fused-ring (bicyclic) bond motifs is 1. The first-order valence-corrected chi connectivity index (χ1v) is 7.16. The van der Waals surface area contributed by atoms with Crippen molar-refractivity contribution in [2.75, 3.05) is 12.4 Å². The van der Waals surface area contributed by atoms with Gasteiger partial charge in [0, 0.05) is 20.3 Å². The van der Waals surface area contributed by atoms with Crippen LogP contribution in [-0.4, -0.2) is 31.8 Å². The molecule has 3 aromatic heterocycles. The Kier molecular flexibility index (Phi) is 3.51. The third-order valence-electron chi connectivity index (χ3n) is 2.86. The van der Waals surface area contributed by atoms with Gasteiger partial charge in [0.25, 0.3) is 0 Å². The van der Waals surface area contributed by atoms with Crippen molar-refractivity contribution in [3.63, 3.8) is 0 Å². The van der Waals surface area contributed by atoms with Crippen molar-refractivity contribution in [2.24, 2.45) is 7.05 Å². The number of hydrogen-bond donors (Lipinski definition) is 1. The summed E-state index contributed by atoms with van der Waals surface area (Å²) in [5.41, 5.74) is 0.834. The van der Waals surface area contributed by atoms with E-state index < -0.39 is 0 Å². The SMILES string of the molecule is CNc1nc(CSc2ccccn2)nc2c1cnn2C. The molecule has 0 fully saturated rings. The molecular formula is C13H14N6S. The molecule has 7 heteroatoms. The van der Waals surface area contributed by atoms with E-state index in [-0.39, 0.29) is 0 Å². The zero-order valence-corrected chi connectivity index (χ0v) is 12.1. The van der Waals surface area contributed by atoms with E-state index in [2.05, 4.69) is 25.4 Å². The average Bonchev–Trinajstić information content (AvgIpc) is 2.87. The van der Waals surface area contributed by atoms with Crippen molar-refractivity contribution in [2.45, 2.75) is 10.8 Å². The predicted molar refractivity (Wildman–Crippen MR) is 79.6 cm³/mol.